The summed E-state index contributed by atoms with van der Waals surface area (Å²) < 4.78 is 18.6. The van der Waals surface area contributed by atoms with E-state index in [4.69, 9.17) is 21.6 Å². The van der Waals surface area contributed by atoms with Crippen LogP contribution in [0.1, 0.15) is 11.3 Å². The van der Waals surface area contributed by atoms with E-state index in [1.807, 2.05) is 6.07 Å². The van der Waals surface area contributed by atoms with E-state index in [-0.39, 0.29) is 12.4 Å². The zero-order valence-electron chi connectivity index (χ0n) is 9.23. The molecule has 1 heterocycles. The third kappa shape index (κ3) is 2.96. The molecule has 0 bridgehead atoms. The zero-order chi connectivity index (χ0) is 13.0. The SMILES string of the molecule is N#Cc1ccc(COc2cc(Cl)ccc2F)nc1. The first kappa shape index (κ1) is 12.3. The van der Waals surface area contributed by atoms with E-state index < -0.39 is 5.82 Å². The van der Waals surface area contributed by atoms with Gasteiger partial charge in [0, 0.05) is 17.3 Å². The van der Waals surface area contributed by atoms with Crippen LogP contribution in [-0.2, 0) is 6.61 Å². The third-order valence-electron chi connectivity index (χ3n) is 2.22. The van der Waals surface area contributed by atoms with Gasteiger partial charge in [-0.3, -0.25) is 4.98 Å². The zero-order valence-corrected chi connectivity index (χ0v) is 9.99. The first-order valence-corrected chi connectivity index (χ1v) is 5.50. The highest BCUT2D eigenvalue weighted by Crippen LogP contribution is 2.22. The summed E-state index contributed by atoms with van der Waals surface area (Å²) >= 11 is 5.74. The van der Waals surface area contributed by atoms with Gasteiger partial charge in [-0.2, -0.15) is 5.26 Å². The second kappa shape index (κ2) is 5.48. The molecule has 3 nitrogen and oxygen atoms in total. The molecule has 0 spiro atoms. The number of halogens is 2. The Hall–Kier alpha value is -2.12. The molecule has 0 unspecified atom stereocenters. The van der Waals surface area contributed by atoms with Crippen molar-refractivity contribution in [2.75, 3.05) is 0 Å². The third-order valence-corrected chi connectivity index (χ3v) is 2.46. The number of ether oxygens (including phenoxy) is 1. The molecule has 0 saturated carbocycles. The van der Waals surface area contributed by atoms with Crippen LogP contribution in [0.2, 0.25) is 5.02 Å². The van der Waals surface area contributed by atoms with Crippen LogP contribution in [0.3, 0.4) is 0 Å². The van der Waals surface area contributed by atoms with E-state index in [9.17, 15) is 4.39 Å². The van der Waals surface area contributed by atoms with Gasteiger partial charge < -0.3 is 4.74 Å². The molecule has 2 rings (SSSR count). The van der Waals surface area contributed by atoms with Crippen molar-refractivity contribution < 1.29 is 9.13 Å². The van der Waals surface area contributed by atoms with Gasteiger partial charge in [-0.25, -0.2) is 4.39 Å². The standard InChI is InChI=1S/C13H8ClFN2O/c14-10-2-4-12(15)13(5-10)18-8-11-3-1-9(6-16)7-17-11/h1-5,7H,8H2. The van der Waals surface area contributed by atoms with Gasteiger partial charge in [-0.05, 0) is 24.3 Å². The molecule has 0 fully saturated rings. The molecule has 18 heavy (non-hydrogen) atoms. The number of benzene rings is 1. The summed E-state index contributed by atoms with van der Waals surface area (Å²) in [4.78, 5) is 4.01. The lowest BCUT2D eigenvalue weighted by Gasteiger charge is -2.07. The van der Waals surface area contributed by atoms with Gasteiger partial charge in [0.25, 0.3) is 0 Å². The minimum absolute atomic E-state index is 0.0775. The molecular formula is C13H8ClFN2O. The van der Waals surface area contributed by atoms with Gasteiger partial charge in [0.1, 0.15) is 12.7 Å². The Balaban J connectivity index is 2.07. The van der Waals surface area contributed by atoms with Crippen LogP contribution in [0, 0.1) is 17.1 Å². The Bertz CT molecular complexity index is 593. The molecule has 0 aliphatic rings. The molecule has 0 N–H and O–H groups in total. The Labute approximate surface area is 108 Å². The van der Waals surface area contributed by atoms with Crippen molar-refractivity contribution in [3.05, 3.63) is 58.6 Å². The predicted octanol–water partition coefficient (Wildman–Crippen LogP) is 3.32. The van der Waals surface area contributed by atoms with E-state index in [0.717, 1.165) is 0 Å². The summed E-state index contributed by atoms with van der Waals surface area (Å²) in [5.41, 5.74) is 1.07. The summed E-state index contributed by atoms with van der Waals surface area (Å²) in [7, 11) is 0. The van der Waals surface area contributed by atoms with Crippen molar-refractivity contribution in [3.8, 4) is 11.8 Å². The van der Waals surface area contributed by atoms with E-state index in [1.165, 1.54) is 24.4 Å². The number of rotatable bonds is 3. The number of hydrogen-bond acceptors (Lipinski definition) is 3. The second-order valence-corrected chi connectivity index (χ2v) is 3.95. The molecule has 2 aromatic rings. The van der Waals surface area contributed by atoms with Crippen molar-refractivity contribution in [2.45, 2.75) is 6.61 Å². The quantitative estimate of drug-likeness (QED) is 0.852. The summed E-state index contributed by atoms with van der Waals surface area (Å²) in [5.74, 6) is -0.401. The fourth-order valence-corrected chi connectivity index (χ4v) is 1.48. The molecule has 0 aliphatic heterocycles. The highest BCUT2D eigenvalue weighted by Gasteiger charge is 2.05. The summed E-state index contributed by atoms with van der Waals surface area (Å²) in [5, 5.41) is 9.02. The van der Waals surface area contributed by atoms with E-state index >= 15 is 0 Å². The Morgan fingerprint density at radius 1 is 1.33 bits per heavy atom. The Morgan fingerprint density at radius 2 is 2.17 bits per heavy atom. The topological polar surface area (TPSA) is 45.9 Å². The van der Waals surface area contributed by atoms with Crippen LogP contribution in [-0.4, -0.2) is 4.98 Å². The highest BCUT2D eigenvalue weighted by atomic mass is 35.5. The lowest BCUT2D eigenvalue weighted by molar-refractivity contribution is 0.286. The Kier molecular flexibility index (Phi) is 3.75. The fourth-order valence-electron chi connectivity index (χ4n) is 1.32. The average Bonchev–Trinajstić information content (AvgIpc) is 2.40. The maximum atomic E-state index is 13.3. The minimum Gasteiger partial charge on any atom is -0.484 e. The smallest absolute Gasteiger partial charge is 0.165 e. The number of aromatic nitrogens is 1. The number of nitrogens with zero attached hydrogens (tertiary/aromatic N) is 2. The molecule has 90 valence electrons. The predicted molar refractivity (Wildman–Crippen MR) is 64.7 cm³/mol. The minimum atomic E-state index is -0.479. The van der Waals surface area contributed by atoms with Gasteiger partial charge in [0.15, 0.2) is 11.6 Å². The Morgan fingerprint density at radius 3 is 2.83 bits per heavy atom. The van der Waals surface area contributed by atoms with Crippen LogP contribution < -0.4 is 4.74 Å². The first-order valence-electron chi connectivity index (χ1n) is 5.12. The number of pyridine rings is 1. The van der Waals surface area contributed by atoms with Crippen molar-refractivity contribution in [3.63, 3.8) is 0 Å². The number of hydrogen-bond donors (Lipinski definition) is 0. The van der Waals surface area contributed by atoms with E-state index in [1.54, 1.807) is 12.1 Å². The first-order chi connectivity index (χ1) is 8.69. The molecule has 0 radical (unpaired) electrons. The number of nitriles is 1. The lowest BCUT2D eigenvalue weighted by Crippen LogP contribution is -1.99. The molecule has 0 saturated heterocycles. The summed E-state index contributed by atoms with van der Waals surface area (Å²) in [6, 6.07) is 9.33. The maximum Gasteiger partial charge on any atom is 0.165 e. The lowest BCUT2D eigenvalue weighted by atomic mass is 10.3. The summed E-state index contributed by atoms with van der Waals surface area (Å²) in [6.07, 6.45) is 1.44. The second-order valence-electron chi connectivity index (χ2n) is 3.51. The van der Waals surface area contributed by atoms with Crippen molar-refractivity contribution >= 4 is 11.6 Å². The van der Waals surface area contributed by atoms with Crippen LogP contribution in [0.5, 0.6) is 5.75 Å². The average molecular weight is 263 g/mol. The van der Waals surface area contributed by atoms with Crippen LogP contribution in [0.15, 0.2) is 36.5 Å². The van der Waals surface area contributed by atoms with Crippen molar-refractivity contribution in [1.82, 2.24) is 4.98 Å². The van der Waals surface area contributed by atoms with Gasteiger partial charge in [0.05, 0.1) is 11.3 Å². The van der Waals surface area contributed by atoms with Gasteiger partial charge in [-0.15, -0.1) is 0 Å². The van der Waals surface area contributed by atoms with Crippen LogP contribution in [0.25, 0.3) is 0 Å². The maximum absolute atomic E-state index is 13.3. The van der Waals surface area contributed by atoms with Gasteiger partial charge >= 0.3 is 0 Å². The van der Waals surface area contributed by atoms with Gasteiger partial charge in [-0.1, -0.05) is 11.6 Å². The van der Waals surface area contributed by atoms with Crippen LogP contribution >= 0.6 is 11.6 Å². The van der Waals surface area contributed by atoms with Gasteiger partial charge in [0.2, 0.25) is 0 Å². The molecule has 0 atom stereocenters. The van der Waals surface area contributed by atoms with E-state index in [2.05, 4.69) is 4.98 Å². The summed E-state index contributed by atoms with van der Waals surface area (Å²) in [6.45, 7) is 0.114. The fraction of sp³-hybridized carbons (Fsp3) is 0.0769. The van der Waals surface area contributed by atoms with Crippen molar-refractivity contribution in [2.24, 2.45) is 0 Å². The van der Waals surface area contributed by atoms with Crippen molar-refractivity contribution in [1.29, 1.82) is 5.26 Å². The molecule has 0 aliphatic carbocycles. The molecular weight excluding hydrogens is 255 g/mol. The molecule has 1 aromatic carbocycles. The monoisotopic (exact) mass is 262 g/mol. The molecule has 0 amide bonds. The molecule has 1 aromatic heterocycles. The molecule has 5 heteroatoms. The highest BCUT2D eigenvalue weighted by molar-refractivity contribution is 6.30. The van der Waals surface area contributed by atoms with E-state index in [0.29, 0.717) is 16.3 Å². The largest absolute Gasteiger partial charge is 0.484 e. The van der Waals surface area contributed by atoms with Crippen LogP contribution in [0.4, 0.5) is 4.39 Å². The normalized spacial score (nSPS) is 9.83.